The number of piperidine rings is 1. The Kier molecular flexibility index (Phi) is 5.13. The third kappa shape index (κ3) is 3.90. The Balaban J connectivity index is 1.58. The first-order valence-corrected chi connectivity index (χ1v) is 9.41. The minimum atomic E-state index is -1.23. The number of rotatable bonds is 4. The summed E-state index contributed by atoms with van der Waals surface area (Å²) in [5.74, 6) is 0.104. The molecule has 0 bridgehead atoms. The second-order valence-electron chi connectivity index (χ2n) is 7.07. The molecular weight excluding hydrogens is 374 g/mol. The van der Waals surface area contributed by atoms with Crippen LogP contribution in [0.5, 0.6) is 0 Å². The van der Waals surface area contributed by atoms with Gasteiger partial charge in [-0.15, -0.1) is 5.10 Å². The highest BCUT2D eigenvalue weighted by Crippen LogP contribution is 2.23. The van der Waals surface area contributed by atoms with Crippen LogP contribution in [-0.2, 0) is 0 Å². The largest absolute Gasteiger partial charge is 0.465 e. The minimum Gasteiger partial charge on any atom is -0.465 e. The van der Waals surface area contributed by atoms with Gasteiger partial charge < -0.3 is 15.1 Å². The first-order chi connectivity index (χ1) is 14.0. The summed E-state index contributed by atoms with van der Waals surface area (Å²) in [5, 5.41) is 24.6. The topological polar surface area (TPSA) is 120 Å². The summed E-state index contributed by atoms with van der Waals surface area (Å²) in [4.78, 5) is 29.5. The Morgan fingerprint density at radius 3 is 2.69 bits per heavy atom. The molecule has 3 heterocycles. The fourth-order valence-electron chi connectivity index (χ4n) is 3.64. The molecule has 2 amide bonds. The van der Waals surface area contributed by atoms with E-state index in [-0.39, 0.29) is 24.4 Å². The number of nitrogens with zero attached hydrogens (tertiary/aromatic N) is 4. The number of benzene rings is 1. The molecule has 0 saturated carbocycles. The first kappa shape index (κ1) is 18.9. The Morgan fingerprint density at radius 1 is 1.17 bits per heavy atom. The van der Waals surface area contributed by atoms with Crippen molar-refractivity contribution in [2.45, 2.75) is 12.8 Å². The number of aliphatic hydroxyl groups is 1. The van der Waals surface area contributed by atoms with E-state index in [0.717, 1.165) is 24.1 Å². The number of pyridine rings is 1. The summed E-state index contributed by atoms with van der Waals surface area (Å²) < 4.78 is 1.55. The lowest BCUT2D eigenvalue weighted by molar-refractivity contribution is 0.0620. The van der Waals surface area contributed by atoms with Gasteiger partial charge in [-0.3, -0.25) is 10.1 Å². The quantitative estimate of drug-likeness (QED) is 0.624. The van der Waals surface area contributed by atoms with Crippen LogP contribution >= 0.6 is 0 Å². The lowest BCUT2D eigenvalue weighted by Gasteiger charge is -2.31. The molecule has 1 fully saturated rings. The van der Waals surface area contributed by atoms with Crippen LogP contribution in [0.1, 0.15) is 23.2 Å². The van der Waals surface area contributed by atoms with Crippen LogP contribution in [0.4, 0.5) is 10.7 Å². The van der Waals surface area contributed by atoms with Gasteiger partial charge in [-0.05, 0) is 43.0 Å². The van der Waals surface area contributed by atoms with Gasteiger partial charge in [-0.2, -0.15) is 4.98 Å². The Bertz CT molecular complexity index is 1050. The van der Waals surface area contributed by atoms with E-state index in [2.05, 4.69) is 15.4 Å². The van der Waals surface area contributed by atoms with Crippen LogP contribution < -0.4 is 5.32 Å². The highest BCUT2D eigenvalue weighted by atomic mass is 16.4. The maximum atomic E-state index is 12.8. The van der Waals surface area contributed by atoms with E-state index < -0.39 is 6.09 Å². The number of likely N-dealkylation sites (tertiary alicyclic amines) is 1. The molecule has 9 heteroatoms. The van der Waals surface area contributed by atoms with E-state index in [4.69, 9.17) is 5.11 Å². The van der Waals surface area contributed by atoms with Gasteiger partial charge in [0, 0.05) is 30.8 Å². The van der Waals surface area contributed by atoms with Crippen LogP contribution in [0.3, 0.4) is 0 Å². The van der Waals surface area contributed by atoms with Gasteiger partial charge >= 0.3 is 6.09 Å². The van der Waals surface area contributed by atoms with Crippen molar-refractivity contribution < 1.29 is 19.8 Å². The highest BCUT2D eigenvalue weighted by Gasteiger charge is 2.24. The monoisotopic (exact) mass is 395 g/mol. The lowest BCUT2D eigenvalue weighted by atomic mass is 9.98. The van der Waals surface area contributed by atoms with Crippen LogP contribution in [0.2, 0.25) is 0 Å². The first-order valence-electron chi connectivity index (χ1n) is 9.41. The number of aromatic nitrogens is 3. The van der Waals surface area contributed by atoms with Crippen LogP contribution in [0.25, 0.3) is 16.9 Å². The van der Waals surface area contributed by atoms with Crippen molar-refractivity contribution >= 4 is 23.6 Å². The van der Waals surface area contributed by atoms with Crippen molar-refractivity contribution in [2.75, 3.05) is 25.0 Å². The molecule has 0 radical (unpaired) electrons. The second-order valence-corrected chi connectivity index (χ2v) is 7.07. The molecule has 1 unspecified atom stereocenters. The zero-order valence-electron chi connectivity index (χ0n) is 15.7. The van der Waals surface area contributed by atoms with E-state index in [0.29, 0.717) is 24.3 Å². The summed E-state index contributed by atoms with van der Waals surface area (Å²) in [5.41, 5.74) is 2.65. The summed E-state index contributed by atoms with van der Waals surface area (Å²) in [6.45, 7) is 1.38. The molecule has 2 aromatic heterocycles. The zero-order valence-corrected chi connectivity index (χ0v) is 15.7. The number of hydrogen-bond donors (Lipinski definition) is 3. The average Bonchev–Trinajstić information content (AvgIpc) is 3.15. The minimum absolute atomic E-state index is 0.000263. The van der Waals surface area contributed by atoms with Crippen LogP contribution in [0, 0.1) is 5.92 Å². The third-order valence-corrected chi connectivity index (χ3v) is 5.07. The van der Waals surface area contributed by atoms with E-state index in [1.54, 1.807) is 27.6 Å². The van der Waals surface area contributed by atoms with E-state index >= 15 is 0 Å². The average molecular weight is 395 g/mol. The number of amides is 2. The summed E-state index contributed by atoms with van der Waals surface area (Å²) in [7, 11) is 0. The summed E-state index contributed by atoms with van der Waals surface area (Å²) in [6.07, 6.45) is 0.613. The van der Waals surface area contributed by atoms with Gasteiger partial charge in [0.15, 0.2) is 5.65 Å². The van der Waals surface area contributed by atoms with Crippen molar-refractivity contribution in [1.29, 1.82) is 0 Å². The highest BCUT2D eigenvalue weighted by molar-refractivity contribution is 5.94. The van der Waals surface area contributed by atoms with Crippen LogP contribution in [0.15, 0.2) is 42.5 Å². The van der Waals surface area contributed by atoms with Crippen molar-refractivity contribution in [1.82, 2.24) is 19.5 Å². The number of hydrogen-bond acceptors (Lipinski definition) is 5. The predicted octanol–water partition coefficient (Wildman–Crippen LogP) is 2.33. The Morgan fingerprint density at radius 2 is 1.97 bits per heavy atom. The van der Waals surface area contributed by atoms with Crippen molar-refractivity contribution in [2.24, 2.45) is 5.92 Å². The maximum absolute atomic E-state index is 12.8. The number of aliphatic hydroxyl groups excluding tert-OH is 1. The third-order valence-electron chi connectivity index (χ3n) is 5.07. The Labute approximate surface area is 166 Å². The zero-order chi connectivity index (χ0) is 20.4. The number of carbonyl (C=O) groups is 2. The number of carboxylic acid groups (broad SMARTS) is 1. The molecule has 1 aromatic carbocycles. The van der Waals surface area contributed by atoms with Gasteiger partial charge in [-0.1, -0.05) is 18.2 Å². The molecule has 29 heavy (non-hydrogen) atoms. The number of carbonyl (C=O) groups excluding carboxylic acids is 1. The standard InChI is InChI=1S/C20H21N5O4/c26-12-13-3-2-10-24(11-13)18(27)15-8-6-14(7-9-15)16-4-1-5-17-21-19(22-20(28)29)23-25(16)17/h1,4-9,13,26H,2-3,10-12H2,(H,22,23)(H,28,29). The molecule has 3 N–H and O–H groups in total. The number of anilines is 1. The fourth-order valence-corrected chi connectivity index (χ4v) is 3.64. The molecule has 1 aliphatic heterocycles. The van der Waals surface area contributed by atoms with Gasteiger partial charge in [0.1, 0.15) is 0 Å². The second kappa shape index (κ2) is 7.88. The van der Waals surface area contributed by atoms with Crippen molar-refractivity contribution in [3.05, 3.63) is 48.0 Å². The van der Waals surface area contributed by atoms with Crippen LogP contribution in [-0.4, -0.2) is 61.4 Å². The van der Waals surface area contributed by atoms with Gasteiger partial charge in [0.25, 0.3) is 11.9 Å². The summed E-state index contributed by atoms with van der Waals surface area (Å²) in [6, 6.07) is 12.6. The molecule has 0 aliphatic carbocycles. The van der Waals surface area contributed by atoms with Crippen molar-refractivity contribution in [3.8, 4) is 11.3 Å². The molecular formula is C20H21N5O4. The molecule has 4 rings (SSSR count). The molecule has 1 saturated heterocycles. The lowest BCUT2D eigenvalue weighted by Crippen LogP contribution is -2.40. The molecule has 1 atom stereocenters. The molecule has 9 nitrogen and oxygen atoms in total. The summed E-state index contributed by atoms with van der Waals surface area (Å²) >= 11 is 0. The Hall–Kier alpha value is -3.46. The van der Waals surface area contributed by atoms with Gasteiger partial charge in [0.05, 0.1) is 5.69 Å². The van der Waals surface area contributed by atoms with Gasteiger partial charge in [0.2, 0.25) is 0 Å². The molecule has 1 aliphatic rings. The fraction of sp³-hybridized carbons (Fsp3) is 0.300. The van der Waals surface area contributed by atoms with Crippen molar-refractivity contribution in [3.63, 3.8) is 0 Å². The van der Waals surface area contributed by atoms with E-state index in [9.17, 15) is 14.7 Å². The normalized spacial score (nSPS) is 16.7. The molecule has 0 spiro atoms. The number of fused-ring (bicyclic) bond motifs is 1. The SMILES string of the molecule is O=C(O)Nc1nc2cccc(-c3ccc(C(=O)N4CCCC(CO)C4)cc3)n2n1. The van der Waals surface area contributed by atoms with E-state index in [1.165, 1.54) is 0 Å². The maximum Gasteiger partial charge on any atom is 0.411 e. The molecule has 3 aromatic rings. The smallest absolute Gasteiger partial charge is 0.411 e. The van der Waals surface area contributed by atoms with E-state index in [1.807, 2.05) is 24.3 Å². The molecule has 150 valence electrons. The number of nitrogens with one attached hydrogen (secondary N) is 1. The predicted molar refractivity (Wildman–Crippen MR) is 106 cm³/mol. The van der Waals surface area contributed by atoms with Gasteiger partial charge in [-0.25, -0.2) is 9.31 Å².